The Labute approximate surface area is 166 Å². The van der Waals surface area contributed by atoms with Crippen LogP contribution in [-0.2, 0) is 4.74 Å². The highest BCUT2D eigenvalue weighted by atomic mass is 16.5. The van der Waals surface area contributed by atoms with E-state index in [0.717, 1.165) is 24.3 Å². The molecule has 0 spiro atoms. The SMILES string of the molecule is CCOC(=O)c1ccc(N2CCN(C(=O)NC(C)c3ccccc3)CC2)cc1. The number of ether oxygens (including phenoxy) is 1. The van der Waals surface area contributed by atoms with Gasteiger partial charge in [0.05, 0.1) is 18.2 Å². The smallest absolute Gasteiger partial charge is 0.338 e. The topological polar surface area (TPSA) is 61.9 Å². The van der Waals surface area contributed by atoms with Gasteiger partial charge in [0.25, 0.3) is 0 Å². The van der Waals surface area contributed by atoms with Crippen molar-refractivity contribution in [3.8, 4) is 0 Å². The molecule has 1 N–H and O–H groups in total. The van der Waals surface area contributed by atoms with Crippen LogP contribution in [0.15, 0.2) is 54.6 Å². The lowest BCUT2D eigenvalue weighted by Crippen LogP contribution is -2.52. The molecule has 0 bridgehead atoms. The Morgan fingerprint density at radius 3 is 2.25 bits per heavy atom. The normalized spacial score (nSPS) is 15.1. The molecule has 3 rings (SSSR count). The maximum absolute atomic E-state index is 12.6. The number of amides is 2. The van der Waals surface area contributed by atoms with Gasteiger partial charge in [-0.15, -0.1) is 0 Å². The Morgan fingerprint density at radius 1 is 1.00 bits per heavy atom. The maximum Gasteiger partial charge on any atom is 0.338 e. The summed E-state index contributed by atoms with van der Waals surface area (Å²) in [5, 5.41) is 3.07. The van der Waals surface area contributed by atoms with Crippen LogP contribution < -0.4 is 10.2 Å². The molecule has 1 saturated heterocycles. The third kappa shape index (κ3) is 4.82. The fraction of sp³-hybridized carbons (Fsp3) is 0.364. The summed E-state index contributed by atoms with van der Waals surface area (Å²) in [7, 11) is 0. The Hall–Kier alpha value is -3.02. The molecule has 0 aromatic heterocycles. The second kappa shape index (κ2) is 9.26. The fourth-order valence-electron chi connectivity index (χ4n) is 3.29. The first-order valence-electron chi connectivity index (χ1n) is 9.71. The van der Waals surface area contributed by atoms with Crippen molar-refractivity contribution in [1.29, 1.82) is 0 Å². The average Bonchev–Trinajstić information content (AvgIpc) is 2.74. The van der Waals surface area contributed by atoms with E-state index in [1.165, 1.54) is 0 Å². The number of urea groups is 1. The van der Waals surface area contributed by atoms with Gasteiger partial charge in [0.2, 0.25) is 0 Å². The van der Waals surface area contributed by atoms with Crippen molar-refractivity contribution >= 4 is 17.7 Å². The van der Waals surface area contributed by atoms with Gasteiger partial charge < -0.3 is 19.9 Å². The first kappa shape index (κ1) is 19.7. The molecule has 0 saturated carbocycles. The van der Waals surface area contributed by atoms with Gasteiger partial charge >= 0.3 is 12.0 Å². The van der Waals surface area contributed by atoms with E-state index in [2.05, 4.69) is 10.2 Å². The molecule has 1 fully saturated rings. The van der Waals surface area contributed by atoms with Crippen LogP contribution in [0.4, 0.5) is 10.5 Å². The van der Waals surface area contributed by atoms with Crippen molar-refractivity contribution in [2.24, 2.45) is 0 Å². The van der Waals surface area contributed by atoms with Gasteiger partial charge in [0.1, 0.15) is 0 Å². The lowest BCUT2D eigenvalue weighted by atomic mass is 10.1. The third-order valence-corrected chi connectivity index (χ3v) is 4.95. The van der Waals surface area contributed by atoms with Crippen LogP contribution >= 0.6 is 0 Å². The zero-order valence-electron chi connectivity index (χ0n) is 16.4. The molecule has 6 heteroatoms. The first-order valence-corrected chi connectivity index (χ1v) is 9.71. The van der Waals surface area contributed by atoms with E-state index in [-0.39, 0.29) is 18.0 Å². The van der Waals surface area contributed by atoms with E-state index < -0.39 is 0 Å². The summed E-state index contributed by atoms with van der Waals surface area (Å²) >= 11 is 0. The highest BCUT2D eigenvalue weighted by molar-refractivity contribution is 5.89. The number of nitrogens with one attached hydrogen (secondary N) is 1. The van der Waals surface area contributed by atoms with Gasteiger partial charge in [-0.05, 0) is 43.7 Å². The van der Waals surface area contributed by atoms with Crippen LogP contribution in [-0.4, -0.2) is 49.7 Å². The molecular weight excluding hydrogens is 354 g/mol. The number of carbonyl (C=O) groups is 2. The zero-order chi connectivity index (χ0) is 19.9. The molecule has 28 heavy (non-hydrogen) atoms. The molecule has 2 amide bonds. The van der Waals surface area contributed by atoms with Crippen LogP contribution in [0, 0.1) is 0 Å². The van der Waals surface area contributed by atoms with Crippen molar-refractivity contribution in [3.05, 3.63) is 65.7 Å². The van der Waals surface area contributed by atoms with Crippen molar-refractivity contribution in [3.63, 3.8) is 0 Å². The zero-order valence-corrected chi connectivity index (χ0v) is 16.4. The van der Waals surface area contributed by atoms with E-state index >= 15 is 0 Å². The molecule has 0 radical (unpaired) electrons. The Balaban J connectivity index is 1.51. The molecule has 1 aliphatic rings. The molecule has 1 aliphatic heterocycles. The second-order valence-electron chi connectivity index (χ2n) is 6.82. The number of anilines is 1. The van der Waals surface area contributed by atoms with Crippen molar-refractivity contribution in [2.75, 3.05) is 37.7 Å². The fourth-order valence-corrected chi connectivity index (χ4v) is 3.29. The summed E-state index contributed by atoms with van der Waals surface area (Å²) in [6, 6.07) is 17.3. The molecule has 1 atom stereocenters. The highest BCUT2D eigenvalue weighted by Gasteiger charge is 2.22. The molecule has 1 unspecified atom stereocenters. The number of hydrogen-bond donors (Lipinski definition) is 1. The van der Waals surface area contributed by atoms with Crippen LogP contribution in [0.5, 0.6) is 0 Å². The number of nitrogens with zero attached hydrogens (tertiary/aromatic N) is 2. The minimum Gasteiger partial charge on any atom is -0.462 e. The summed E-state index contributed by atoms with van der Waals surface area (Å²) in [6.45, 7) is 6.99. The van der Waals surface area contributed by atoms with Gasteiger partial charge in [-0.1, -0.05) is 30.3 Å². The van der Waals surface area contributed by atoms with Crippen molar-refractivity contribution in [1.82, 2.24) is 10.2 Å². The third-order valence-electron chi connectivity index (χ3n) is 4.95. The lowest BCUT2D eigenvalue weighted by molar-refractivity contribution is 0.0526. The van der Waals surface area contributed by atoms with E-state index in [1.807, 2.05) is 54.3 Å². The van der Waals surface area contributed by atoms with Crippen LogP contribution in [0.1, 0.15) is 35.8 Å². The monoisotopic (exact) mass is 381 g/mol. The maximum atomic E-state index is 12.6. The summed E-state index contributed by atoms with van der Waals surface area (Å²) in [5.74, 6) is -0.303. The Kier molecular flexibility index (Phi) is 6.53. The van der Waals surface area contributed by atoms with Gasteiger partial charge in [-0.3, -0.25) is 0 Å². The van der Waals surface area contributed by atoms with Gasteiger partial charge in [0.15, 0.2) is 0 Å². The summed E-state index contributed by atoms with van der Waals surface area (Å²) in [5.41, 5.74) is 2.69. The number of piperazine rings is 1. The van der Waals surface area contributed by atoms with Gasteiger partial charge in [-0.2, -0.15) is 0 Å². The van der Waals surface area contributed by atoms with Crippen molar-refractivity contribution in [2.45, 2.75) is 19.9 Å². The standard InChI is InChI=1S/C22H27N3O3/c1-3-28-21(26)19-9-11-20(12-10-19)24-13-15-25(16-14-24)22(27)23-17(2)18-7-5-4-6-8-18/h4-12,17H,3,13-16H2,1-2H3,(H,23,27). The number of benzene rings is 2. The van der Waals surface area contributed by atoms with E-state index in [9.17, 15) is 9.59 Å². The summed E-state index contributed by atoms with van der Waals surface area (Å²) in [4.78, 5) is 28.4. The lowest BCUT2D eigenvalue weighted by Gasteiger charge is -2.36. The largest absolute Gasteiger partial charge is 0.462 e. The Bertz CT molecular complexity index is 784. The molecule has 0 aliphatic carbocycles. The van der Waals surface area contributed by atoms with E-state index in [0.29, 0.717) is 25.3 Å². The number of carbonyl (C=O) groups excluding carboxylic acids is 2. The van der Waals surface area contributed by atoms with Crippen LogP contribution in [0.2, 0.25) is 0 Å². The predicted molar refractivity (Wildman–Crippen MR) is 110 cm³/mol. The highest BCUT2D eigenvalue weighted by Crippen LogP contribution is 2.18. The first-order chi connectivity index (χ1) is 13.6. The average molecular weight is 381 g/mol. The summed E-state index contributed by atoms with van der Waals surface area (Å²) < 4.78 is 5.01. The van der Waals surface area contributed by atoms with Crippen LogP contribution in [0.3, 0.4) is 0 Å². The molecular formula is C22H27N3O3. The van der Waals surface area contributed by atoms with Gasteiger partial charge in [-0.25, -0.2) is 9.59 Å². The molecule has 2 aromatic carbocycles. The summed E-state index contributed by atoms with van der Waals surface area (Å²) in [6.07, 6.45) is 0. The van der Waals surface area contributed by atoms with Gasteiger partial charge in [0, 0.05) is 31.9 Å². The molecule has 1 heterocycles. The number of esters is 1. The minimum atomic E-state index is -0.303. The molecule has 6 nitrogen and oxygen atoms in total. The van der Waals surface area contributed by atoms with E-state index in [1.54, 1.807) is 19.1 Å². The van der Waals surface area contributed by atoms with Crippen molar-refractivity contribution < 1.29 is 14.3 Å². The van der Waals surface area contributed by atoms with Crippen LogP contribution in [0.25, 0.3) is 0 Å². The minimum absolute atomic E-state index is 0.0258. The second-order valence-corrected chi connectivity index (χ2v) is 6.82. The van der Waals surface area contributed by atoms with E-state index in [4.69, 9.17) is 4.74 Å². The predicted octanol–water partition coefficient (Wildman–Crippen LogP) is 3.46. The number of rotatable bonds is 5. The number of hydrogen-bond acceptors (Lipinski definition) is 4. The molecule has 2 aromatic rings. The quantitative estimate of drug-likeness (QED) is 0.806. The molecule has 148 valence electrons. The Morgan fingerprint density at radius 2 is 1.64 bits per heavy atom.